The number of nitrogens with zero attached hydrogens (tertiary/aromatic N) is 10. The molecule has 18 rings (SSSR count). The van der Waals surface area contributed by atoms with Crippen LogP contribution in [0.4, 0.5) is 17.1 Å². The number of ether oxygens (including phenoxy) is 3. The van der Waals surface area contributed by atoms with Gasteiger partial charge in [0.2, 0.25) is 17.7 Å². The molecule has 6 aromatic heterocycles. The predicted molar refractivity (Wildman–Crippen MR) is 463 cm³/mol. The largest absolute Gasteiger partial charge is 0.381 e. The van der Waals surface area contributed by atoms with Crippen molar-refractivity contribution in [2.75, 3.05) is 127 Å². The molecule has 0 radical (unpaired) electrons. The number of nitrogens with one attached hydrogen (secondary N) is 4. The summed E-state index contributed by atoms with van der Waals surface area (Å²) < 4.78 is 78.1. The first-order chi connectivity index (χ1) is 55.3. The van der Waals surface area contributed by atoms with Crippen LogP contribution in [0.2, 0.25) is 51.4 Å². The molecule has 3 amide bonds. The second-order valence-corrected chi connectivity index (χ2v) is 50.7. The Hall–Kier alpha value is -7.63. The van der Waals surface area contributed by atoms with E-state index in [1.807, 2.05) is 44.4 Å². The van der Waals surface area contributed by atoms with Crippen molar-refractivity contribution < 1.29 is 53.8 Å². The number of hydrogen-bond acceptors (Lipinski definition) is 17. The molecule has 30 heteroatoms. The Morgan fingerprint density at radius 2 is 0.871 bits per heavy atom. The van der Waals surface area contributed by atoms with Crippen LogP contribution in [0.25, 0.3) is 66.9 Å². The monoisotopic (exact) mass is 1660 g/mol. The number of hydrogen-bond donors (Lipinski definition) is 4. The average Bonchev–Trinajstić information content (AvgIpc) is 1.57. The van der Waals surface area contributed by atoms with Crippen LogP contribution in [0.3, 0.4) is 0 Å². The lowest BCUT2D eigenvalue weighted by atomic mass is 9.73. The molecule has 2 spiro atoms. The summed E-state index contributed by atoms with van der Waals surface area (Å²) in [4.78, 5) is 62.8. The first kappa shape index (κ1) is 83.4. The van der Waals surface area contributed by atoms with Gasteiger partial charge < -0.3 is 53.7 Å². The Kier molecular flexibility index (Phi) is 23.9. The Labute approximate surface area is 685 Å². The second-order valence-electron chi connectivity index (χ2n) is 36.2. The fraction of sp³-hybridized carbons (Fsp3) is 0.581. The van der Waals surface area contributed by atoms with Gasteiger partial charge in [0, 0.05) is 124 Å². The van der Waals surface area contributed by atoms with Crippen LogP contribution < -0.4 is 14.7 Å². The van der Waals surface area contributed by atoms with Crippen LogP contribution in [0.15, 0.2) is 55.0 Å². The van der Waals surface area contributed by atoms with Gasteiger partial charge in [-0.25, -0.2) is 9.36 Å². The van der Waals surface area contributed by atoms with Crippen LogP contribution in [0.5, 0.6) is 0 Å². The van der Waals surface area contributed by atoms with E-state index in [2.05, 4.69) is 139 Å². The average molecular weight is 1660 g/mol. The summed E-state index contributed by atoms with van der Waals surface area (Å²) in [6.45, 7) is 29.8. The molecule has 626 valence electrons. The summed E-state index contributed by atoms with van der Waals surface area (Å²) in [5.74, 6) is 0.368. The van der Waals surface area contributed by atoms with E-state index in [1.165, 1.54) is 68.7 Å². The number of piperidine rings is 2. The molecule has 4 N–H and O–H groups in total. The predicted octanol–water partition coefficient (Wildman–Crippen LogP) is 13.5. The van der Waals surface area contributed by atoms with Crippen molar-refractivity contribution in [3.63, 3.8) is 0 Å². The number of anilines is 3. The van der Waals surface area contributed by atoms with Crippen LogP contribution in [-0.2, 0) is 125 Å². The van der Waals surface area contributed by atoms with E-state index in [0.29, 0.717) is 50.5 Å². The normalized spacial score (nSPS) is 18.8. The van der Waals surface area contributed by atoms with Crippen LogP contribution in [0, 0.1) is 0 Å². The summed E-state index contributed by atoms with van der Waals surface area (Å²) in [5, 5.41) is 20.9. The van der Waals surface area contributed by atoms with Crippen molar-refractivity contribution in [1.82, 2.24) is 54.5 Å². The molecule has 3 aromatic carbocycles. The van der Waals surface area contributed by atoms with Crippen molar-refractivity contribution >= 4 is 104 Å². The molecular weight excluding hydrogens is 1540 g/mol. The molecule has 0 unspecified atom stereocenters. The summed E-state index contributed by atoms with van der Waals surface area (Å²) in [7, 11) is -5.50. The molecule has 0 saturated carbocycles. The van der Waals surface area contributed by atoms with E-state index in [4.69, 9.17) is 32.8 Å². The van der Waals surface area contributed by atoms with E-state index in [-0.39, 0.29) is 42.8 Å². The lowest BCUT2D eigenvalue weighted by Gasteiger charge is -2.36. The smallest absolute Gasteiger partial charge is 0.264 e. The number of fused-ring (bicyclic) bond motifs is 20. The third kappa shape index (κ3) is 16.5. The number of carbonyl (C=O) groups is 3. The first-order valence-electron chi connectivity index (χ1n) is 42.3. The number of aromatic nitrogens is 9. The number of rotatable bonds is 21. The van der Waals surface area contributed by atoms with Gasteiger partial charge in [0.1, 0.15) is 24.8 Å². The molecular formula is C86H120N14O12S2Si2. The van der Waals surface area contributed by atoms with E-state index in [9.17, 15) is 31.2 Å². The van der Waals surface area contributed by atoms with Crippen molar-refractivity contribution in [2.24, 2.45) is 0 Å². The lowest BCUT2D eigenvalue weighted by molar-refractivity contribution is -0.125. The number of likely N-dealkylation sites (N-methyl/N-ethyl adjacent to an activating group) is 3. The third-order valence-corrected chi connectivity index (χ3v) is 30.3. The van der Waals surface area contributed by atoms with E-state index < -0.39 is 41.8 Å². The zero-order valence-corrected chi connectivity index (χ0v) is 74.1. The maximum absolute atomic E-state index is 14.1. The van der Waals surface area contributed by atoms with Crippen molar-refractivity contribution in [3.8, 4) is 34.2 Å². The molecule has 116 heavy (non-hydrogen) atoms. The van der Waals surface area contributed by atoms with Gasteiger partial charge in [0.25, 0.3) is 20.2 Å². The second kappa shape index (κ2) is 33.2. The van der Waals surface area contributed by atoms with Gasteiger partial charge in [-0.3, -0.25) is 27.8 Å². The highest BCUT2D eigenvalue weighted by atomic mass is 32.2. The summed E-state index contributed by atoms with van der Waals surface area (Å²) >= 11 is 0. The fourth-order valence-corrected chi connectivity index (χ4v) is 21.6. The molecule has 0 atom stereocenters. The highest BCUT2D eigenvalue weighted by molar-refractivity contribution is 7.86. The van der Waals surface area contributed by atoms with Crippen molar-refractivity contribution in [2.45, 2.75) is 211 Å². The lowest BCUT2D eigenvalue weighted by Crippen LogP contribution is -2.47. The van der Waals surface area contributed by atoms with E-state index >= 15 is 0 Å². The minimum Gasteiger partial charge on any atom is -0.381 e. The van der Waals surface area contributed by atoms with Crippen LogP contribution >= 0.6 is 0 Å². The first-order valence-corrected chi connectivity index (χ1v) is 53.4. The topological polar surface area (TPSA) is 294 Å². The molecule has 12 heterocycles. The highest BCUT2D eigenvalue weighted by Crippen LogP contribution is 2.54. The number of aromatic amines is 4. The van der Waals surface area contributed by atoms with Crippen molar-refractivity contribution in [3.05, 3.63) is 105 Å². The molecule has 3 fully saturated rings. The minimum absolute atomic E-state index is 0.0354. The molecule has 3 aliphatic carbocycles. The Morgan fingerprint density at radius 1 is 0.483 bits per heavy atom. The zero-order valence-electron chi connectivity index (χ0n) is 70.4. The maximum Gasteiger partial charge on any atom is 0.264 e. The van der Waals surface area contributed by atoms with Gasteiger partial charge in [0.15, 0.2) is 0 Å². The van der Waals surface area contributed by atoms with Gasteiger partial charge in [0.05, 0.1) is 70.9 Å². The quantitative estimate of drug-likeness (QED) is 0.0295. The molecule has 26 nitrogen and oxygen atoms in total. The Bertz CT molecular complexity index is 5360. The number of likely N-dealkylation sites (tertiary alicyclic amines) is 2. The third-order valence-electron chi connectivity index (χ3n) is 25.7. The number of benzene rings is 3. The summed E-state index contributed by atoms with van der Waals surface area (Å²) in [5.41, 5.74) is 21.2. The van der Waals surface area contributed by atoms with Gasteiger partial charge >= 0.3 is 0 Å². The van der Waals surface area contributed by atoms with Crippen LogP contribution in [-0.4, -0.2) is 217 Å². The van der Waals surface area contributed by atoms with Gasteiger partial charge in [-0.2, -0.15) is 32.1 Å². The SMILES string of the molecule is C1CCOC1.CCN1C(=O)C(CCOS(C)(=O)=O)(CCOS(C)(=O)=O)c2cc3[nH]c4c(c3cc21)CCCc1cn(COCC[Si](C)(C)C)nc1-4.CCN1C(=O)C2(CCN(C)CC2)c2cc3[nH]c4c(c3cc21)CCCc1cn(COCC[Si](C)(C)C)nc1-4.CCN1C(=O)C2(CCN(C)CC2)c2cc3[nH]c4c(c3cc21)CCCc1cn[nH]c1-4. The minimum atomic E-state index is -3.76. The molecule has 9 aromatic rings. The van der Waals surface area contributed by atoms with Gasteiger partial charge in [-0.05, 0) is 269 Å². The Balaban J connectivity index is 0.000000135. The number of amides is 3. The number of H-pyrrole nitrogens is 4. The summed E-state index contributed by atoms with van der Waals surface area (Å²) in [6.07, 6.45) is 23.4. The van der Waals surface area contributed by atoms with E-state index in [0.717, 1.165) is 233 Å². The number of aryl methyl sites for hydroxylation is 6. The van der Waals surface area contributed by atoms with Crippen LogP contribution in [0.1, 0.15) is 141 Å². The standard InChI is InChI=1S/C30H44N4O8S2Si.C29H41N5O2Si.C23H27N5O.C4H8O/c1-7-34-26-17-23-22-10-8-9-21-19-33(20-40-15-16-45(4,5)6)32-27(21)28(22)31-25(23)18-24(26)30(29(34)35,11-13-41-43(2,36)37)12-14-42-44(3,38)39;1-6-34-25-16-22-21-9-7-8-20-18-33(19-36-14-15-37(3,4)5)31-26(20)27(21)30-24(22)17-23(25)29(28(34)35)10-12-32(2)13-11-29;1-3-28-19-11-16-15-6-4-5-14-13-24-26-20(14)21(15)25-18(16)12-17(19)23(22(28)29)7-9-27(2)10-8-23;1-2-4-5-3-1/h17-19,31H,7-16,20H2,1-6H3;16-18,30H,6-15,19H2,1-5H3;11-13,25H,3-10H2,1-2H3,(H,24,26);1-4H2. The zero-order chi connectivity index (χ0) is 82.0. The molecule has 6 aliphatic heterocycles. The molecule has 3 saturated heterocycles. The van der Waals surface area contributed by atoms with Gasteiger partial charge in [-0.15, -0.1) is 0 Å². The van der Waals surface area contributed by atoms with Crippen molar-refractivity contribution in [1.29, 1.82) is 0 Å². The maximum atomic E-state index is 14.1. The highest BCUT2D eigenvalue weighted by Gasteiger charge is 2.55. The Morgan fingerprint density at radius 3 is 1.27 bits per heavy atom. The van der Waals surface area contributed by atoms with E-state index in [1.54, 1.807) is 4.90 Å². The number of carbonyl (C=O) groups excluding carboxylic acids is 3. The van der Waals surface area contributed by atoms with Gasteiger partial charge in [-0.1, -0.05) is 39.3 Å². The summed E-state index contributed by atoms with van der Waals surface area (Å²) in [6, 6.07) is 15.4. The fourth-order valence-electron chi connectivity index (χ4n) is 19.3. The molecule has 0 bridgehead atoms. The molecule has 9 aliphatic rings.